The second-order valence-corrected chi connectivity index (χ2v) is 6.51. The first-order valence-electron chi connectivity index (χ1n) is 8.52. The van der Waals surface area contributed by atoms with E-state index in [1.54, 1.807) is 11.0 Å². The van der Waals surface area contributed by atoms with E-state index in [1.165, 1.54) is 11.9 Å². The Balaban J connectivity index is 1.51. The van der Waals surface area contributed by atoms with Crippen LogP contribution in [-0.4, -0.2) is 56.7 Å². The molecule has 0 bridgehead atoms. The summed E-state index contributed by atoms with van der Waals surface area (Å²) < 4.78 is 1.62. The Labute approximate surface area is 143 Å². The van der Waals surface area contributed by atoms with Gasteiger partial charge in [0.05, 0.1) is 0 Å². The van der Waals surface area contributed by atoms with Crippen LogP contribution >= 0.6 is 0 Å². The predicted octanol–water partition coefficient (Wildman–Crippen LogP) is 1.96. The molecule has 1 fully saturated rings. The molecule has 0 radical (unpaired) electrons. The summed E-state index contributed by atoms with van der Waals surface area (Å²) in [6, 6.07) is 10.8. The van der Waals surface area contributed by atoms with Gasteiger partial charge in [-0.1, -0.05) is 30.3 Å². The summed E-state index contributed by atoms with van der Waals surface area (Å²) >= 11 is 0. The van der Waals surface area contributed by atoms with Gasteiger partial charge in [0.25, 0.3) is 0 Å². The van der Waals surface area contributed by atoms with Gasteiger partial charge in [-0.05, 0) is 32.4 Å². The fraction of sp³-hybridized carbons (Fsp3) is 0.500. The Morgan fingerprint density at radius 2 is 2.00 bits per heavy atom. The fourth-order valence-electron chi connectivity index (χ4n) is 3.32. The third-order valence-corrected chi connectivity index (χ3v) is 4.87. The second kappa shape index (κ2) is 7.57. The lowest BCUT2D eigenvalue weighted by Crippen LogP contribution is -2.47. The summed E-state index contributed by atoms with van der Waals surface area (Å²) in [6.07, 6.45) is 5.09. The quantitative estimate of drug-likeness (QED) is 0.842. The Hall–Kier alpha value is -2.21. The van der Waals surface area contributed by atoms with Crippen molar-refractivity contribution in [1.29, 1.82) is 0 Å². The minimum Gasteiger partial charge on any atom is -0.341 e. The van der Waals surface area contributed by atoms with Crippen LogP contribution in [0.15, 0.2) is 43.0 Å². The summed E-state index contributed by atoms with van der Waals surface area (Å²) in [6.45, 7) is 4.45. The smallest absolute Gasteiger partial charge is 0.247 e. The van der Waals surface area contributed by atoms with Gasteiger partial charge >= 0.3 is 0 Å². The van der Waals surface area contributed by atoms with Crippen molar-refractivity contribution in [3.05, 3.63) is 48.5 Å². The molecule has 2 heterocycles. The first-order chi connectivity index (χ1) is 11.6. The number of carbonyl (C=O) groups excluding carboxylic acids is 1. The zero-order valence-electron chi connectivity index (χ0n) is 14.4. The predicted molar refractivity (Wildman–Crippen MR) is 92.2 cm³/mol. The molecule has 0 N–H and O–H groups in total. The number of amides is 1. The maximum absolute atomic E-state index is 12.6. The van der Waals surface area contributed by atoms with Crippen LogP contribution in [0.2, 0.25) is 0 Å². The first kappa shape index (κ1) is 16.6. The minimum atomic E-state index is -0.286. The van der Waals surface area contributed by atoms with Crippen LogP contribution in [0.5, 0.6) is 0 Å². The standard InChI is InChI=1S/C18H25N5O/c1-15(23-14-19-13-20-23)18(24)22-10-8-17(9-11-22)21(2)12-16-6-4-3-5-7-16/h3-7,13-15,17H,8-12H2,1-2H3. The number of likely N-dealkylation sites (tertiary alicyclic amines) is 1. The molecule has 24 heavy (non-hydrogen) atoms. The Kier molecular flexibility index (Phi) is 5.25. The zero-order chi connectivity index (χ0) is 16.9. The van der Waals surface area contributed by atoms with Crippen LogP contribution in [0.4, 0.5) is 0 Å². The van der Waals surface area contributed by atoms with Crippen molar-refractivity contribution < 1.29 is 4.79 Å². The van der Waals surface area contributed by atoms with Gasteiger partial charge in [-0.15, -0.1) is 0 Å². The number of hydrogen-bond donors (Lipinski definition) is 0. The Bertz CT molecular complexity index is 635. The van der Waals surface area contributed by atoms with Gasteiger partial charge in [0, 0.05) is 25.7 Å². The first-order valence-corrected chi connectivity index (χ1v) is 8.52. The van der Waals surface area contributed by atoms with Gasteiger partial charge in [0.2, 0.25) is 5.91 Å². The summed E-state index contributed by atoms with van der Waals surface area (Å²) in [5.74, 6) is 0.129. The minimum absolute atomic E-state index is 0.129. The van der Waals surface area contributed by atoms with E-state index in [2.05, 4.69) is 46.3 Å². The van der Waals surface area contributed by atoms with Gasteiger partial charge in [0.15, 0.2) is 0 Å². The van der Waals surface area contributed by atoms with E-state index in [9.17, 15) is 4.79 Å². The van der Waals surface area contributed by atoms with Gasteiger partial charge in [-0.25, -0.2) is 9.67 Å². The summed E-state index contributed by atoms with van der Waals surface area (Å²) in [5, 5.41) is 4.07. The van der Waals surface area contributed by atoms with E-state index in [1.807, 2.05) is 17.9 Å². The molecule has 1 atom stereocenters. The van der Waals surface area contributed by atoms with Crippen LogP contribution < -0.4 is 0 Å². The van der Waals surface area contributed by atoms with Gasteiger partial charge in [-0.3, -0.25) is 9.69 Å². The van der Waals surface area contributed by atoms with Gasteiger partial charge in [-0.2, -0.15) is 5.10 Å². The van der Waals surface area contributed by atoms with Crippen molar-refractivity contribution in [3.63, 3.8) is 0 Å². The molecular formula is C18H25N5O. The molecule has 0 saturated carbocycles. The molecule has 1 aliphatic rings. The average Bonchev–Trinajstić information content (AvgIpc) is 3.16. The third-order valence-electron chi connectivity index (χ3n) is 4.87. The van der Waals surface area contributed by atoms with Crippen molar-refractivity contribution in [2.75, 3.05) is 20.1 Å². The van der Waals surface area contributed by atoms with Crippen molar-refractivity contribution in [2.24, 2.45) is 0 Å². The lowest BCUT2D eigenvalue weighted by atomic mass is 10.0. The molecule has 6 heteroatoms. The molecule has 6 nitrogen and oxygen atoms in total. The SMILES string of the molecule is CC(C(=O)N1CCC(N(C)Cc2ccccc2)CC1)n1cncn1. The molecule has 1 saturated heterocycles. The number of benzene rings is 1. The topological polar surface area (TPSA) is 54.3 Å². The number of aromatic nitrogens is 3. The van der Waals surface area contributed by atoms with Crippen molar-refractivity contribution in [1.82, 2.24) is 24.6 Å². The highest BCUT2D eigenvalue weighted by atomic mass is 16.2. The van der Waals surface area contributed by atoms with Crippen molar-refractivity contribution in [3.8, 4) is 0 Å². The molecule has 0 aliphatic carbocycles. The molecule has 1 aromatic carbocycles. The third kappa shape index (κ3) is 3.82. The molecule has 1 aliphatic heterocycles. The normalized spacial score (nSPS) is 17.2. The highest BCUT2D eigenvalue weighted by molar-refractivity contribution is 5.80. The number of hydrogen-bond acceptors (Lipinski definition) is 4. The number of piperidine rings is 1. The second-order valence-electron chi connectivity index (χ2n) is 6.51. The van der Waals surface area contributed by atoms with E-state index in [0.717, 1.165) is 32.5 Å². The summed E-state index contributed by atoms with van der Waals surface area (Å²) in [5.41, 5.74) is 1.33. The van der Waals surface area contributed by atoms with Crippen LogP contribution in [0.1, 0.15) is 31.4 Å². The van der Waals surface area contributed by atoms with Crippen molar-refractivity contribution in [2.45, 2.75) is 38.4 Å². The van der Waals surface area contributed by atoms with Crippen LogP contribution in [0.3, 0.4) is 0 Å². The highest BCUT2D eigenvalue weighted by Crippen LogP contribution is 2.20. The fourth-order valence-corrected chi connectivity index (χ4v) is 3.32. The highest BCUT2D eigenvalue weighted by Gasteiger charge is 2.28. The maximum Gasteiger partial charge on any atom is 0.247 e. The van der Waals surface area contributed by atoms with E-state index >= 15 is 0 Å². The summed E-state index contributed by atoms with van der Waals surface area (Å²) in [7, 11) is 2.17. The molecular weight excluding hydrogens is 302 g/mol. The molecule has 0 spiro atoms. The zero-order valence-corrected chi connectivity index (χ0v) is 14.4. The molecule has 1 aromatic heterocycles. The molecule has 1 unspecified atom stereocenters. The van der Waals surface area contributed by atoms with E-state index < -0.39 is 0 Å². The lowest BCUT2D eigenvalue weighted by Gasteiger charge is -2.37. The number of rotatable bonds is 5. The molecule has 1 amide bonds. The summed E-state index contributed by atoms with van der Waals surface area (Å²) in [4.78, 5) is 20.9. The van der Waals surface area contributed by atoms with E-state index in [-0.39, 0.29) is 11.9 Å². The van der Waals surface area contributed by atoms with Gasteiger partial charge < -0.3 is 4.90 Å². The van der Waals surface area contributed by atoms with Crippen molar-refractivity contribution >= 4 is 5.91 Å². The Morgan fingerprint density at radius 3 is 2.62 bits per heavy atom. The molecule has 3 rings (SSSR count). The average molecular weight is 327 g/mol. The van der Waals surface area contributed by atoms with E-state index in [4.69, 9.17) is 0 Å². The number of nitrogens with zero attached hydrogens (tertiary/aromatic N) is 5. The van der Waals surface area contributed by atoms with Crippen LogP contribution in [0.25, 0.3) is 0 Å². The van der Waals surface area contributed by atoms with Crippen LogP contribution in [0, 0.1) is 0 Å². The van der Waals surface area contributed by atoms with Crippen LogP contribution in [-0.2, 0) is 11.3 Å². The maximum atomic E-state index is 12.6. The number of carbonyl (C=O) groups is 1. The van der Waals surface area contributed by atoms with E-state index in [0.29, 0.717) is 6.04 Å². The lowest BCUT2D eigenvalue weighted by molar-refractivity contribution is -0.136. The molecule has 128 valence electrons. The van der Waals surface area contributed by atoms with Gasteiger partial charge in [0.1, 0.15) is 18.7 Å². The Morgan fingerprint density at radius 1 is 1.29 bits per heavy atom. The molecule has 2 aromatic rings. The monoisotopic (exact) mass is 327 g/mol. The largest absolute Gasteiger partial charge is 0.341 e.